The van der Waals surface area contributed by atoms with E-state index in [0.717, 1.165) is 55.3 Å². The van der Waals surface area contributed by atoms with E-state index in [9.17, 15) is 0 Å². The van der Waals surface area contributed by atoms with Crippen molar-refractivity contribution in [2.75, 3.05) is 31.1 Å². The van der Waals surface area contributed by atoms with Crippen molar-refractivity contribution in [3.8, 4) is 0 Å². The second-order valence-corrected chi connectivity index (χ2v) is 7.31. The Bertz CT molecular complexity index is 1020. The summed E-state index contributed by atoms with van der Waals surface area (Å²) in [4.78, 5) is 15.2. The molecule has 0 aliphatic carbocycles. The van der Waals surface area contributed by atoms with Gasteiger partial charge in [-0.1, -0.05) is 18.2 Å². The largest absolute Gasteiger partial charge is 0.375 e. The quantitative estimate of drug-likeness (QED) is 0.714. The highest BCUT2D eigenvalue weighted by molar-refractivity contribution is 5.79. The summed E-state index contributed by atoms with van der Waals surface area (Å²) in [5, 5.41) is 3.59. The first-order valence-corrected chi connectivity index (χ1v) is 9.69. The minimum absolute atomic E-state index is 0.297. The Balaban J connectivity index is 1.49. The number of hydrogen-bond donors (Lipinski definition) is 1. The second kappa shape index (κ2) is 7.23. The highest BCUT2D eigenvalue weighted by Crippen LogP contribution is 2.27. The number of imidazole rings is 1. The first-order valence-electron chi connectivity index (χ1n) is 9.69. The number of morpholine rings is 1. The second-order valence-electron chi connectivity index (χ2n) is 7.31. The maximum atomic E-state index is 7.11. The summed E-state index contributed by atoms with van der Waals surface area (Å²) < 4.78 is 8.16. The topological polar surface area (TPSA) is 59.6 Å². The van der Waals surface area contributed by atoms with Gasteiger partial charge in [-0.25, -0.2) is 9.83 Å². The Labute approximate surface area is 163 Å². The van der Waals surface area contributed by atoms with Crippen LogP contribution < -0.4 is 10.2 Å². The molecule has 0 amide bonds. The molecule has 2 aromatic heterocycles. The van der Waals surface area contributed by atoms with E-state index in [-0.39, 0.29) is 0 Å². The summed E-state index contributed by atoms with van der Waals surface area (Å²) in [6, 6.07) is 12.3. The first-order chi connectivity index (χ1) is 13.8. The lowest BCUT2D eigenvalue weighted by Gasteiger charge is -2.41. The number of piperidine rings is 1. The lowest BCUT2D eigenvalue weighted by Crippen LogP contribution is -2.58. The van der Waals surface area contributed by atoms with Gasteiger partial charge in [-0.2, -0.15) is 0 Å². The number of nitrogens with zero attached hydrogens (tertiary/aromatic N) is 5. The van der Waals surface area contributed by atoms with Crippen molar-refractivity contribution < 1.29 is 4.74 Å². The molecule has 2 aliphatic rings. The van der Waals surface area contributed by atoms with Crippen LogP contribution in [0.1, 0.15) is 12.1 Å². The van der Waals surface area contributed by atoms with E-state index >= 15 is 0 Å². The number of fused-ring (bicyclic) bond motifs is 2. The Kier molecular flexibility index (Phi) is 4.43. The average molecular weight is 374 g/mol. The molecule has 3 aromatic rings. The summed E-state index contributed by atoms with van der Waals surface area (Å²) in [7, 11) is 0. The van der Waals surface area contributed by atoms with E-state index in [0.29, 0.717) is 24.4 Å². The van der Waals surface area contributed by atoms with Crippen LogP contribution in [0.25, 0.3) is 15.9 Å². The SMILES string of the molecule is [C-]#[N+]c1ccc(Cn2c(N3CC[C@H]4OCCN[C@@H]4C3)nc3ccccc32)nc1. The molecule has 0 saturated carbocycles. The number of aromatic nitrogens is 3. The van der Waals surface area contributed by atoms with Gasteiger partial charge in [0.2, 0.25) is 11.6 Å². The predicted octanol–water partition coefficient (Wildman–Crippen LogP) is 2.60. The third-order valence-electron chi connectivity index (χ3n) is 5.57. The van der Waals surface area contributed by atoms with E-state index < -0.39 is 0 Å². The van der Waals surface area contributed by atoms with Crippen LogP contribution in [0.2, 0.25) is 0 Å². The molecule has 1 aromatic carbocycles. The number of para-hydroxylation sites is 2. The van der Waals surface area contributed by atoms with Crippen LogP contribution in [0.4, 0.5) is 11.6 Å². The van der Waals surface area contributed by atoms with E-state index in [1.54, 1.807) is 6.20 Å². The van der Waals surface area contributed by atoms with Crippen LogP contribution in [0.3, 0.4) is 0 Å². The van der Waals surface area contributed by atoms with E-state index in [2.05, 4.69) is 36.7 Å². The van der Waals surface area contributed by atoms with E-state index in [4.69, 9.17) is 16.3 Å². The lowest BCUT2D eigenvalue weighted by atomic mass is 10.0. The van der Waals surface area contributed by atoms with Crippen molar-refractivity contribution in [2.45, 2.75) is 25.1 Å². The molecule has 28 heavy (non-hydrogen) atoms. The molecule has 7 heteroatoms. The zero-order valence-electron chi connectivity index (χ0n) is 15.6. The molecular formula is C21H22N6O. The Hall–Kier alpha value is -2.95. The molecule has 2 atom stereocenters. The molecule has 0 radical (unpaired) electrons. The van der Waals surface area contributed by atoms with Gasteiger partial charge < -0.3 is 19.5 Å². The highest BCUT2D eigenvalue weighted by atomic mass is 16.5. The number of nitrogens with one attached hydrogen (secondary N) is 1. The monoisotopic (exact) mass is 374 g/mol. The molecule has 0 unspecified atom stereocenters. The molecule has 2 fully saturated rings. The number of ether oxygens (including phenoxy) is 1. The summed E-state index contributed by atoms with van der Waals surface area (Å²) in [6.45, 7) is 11.3. The highest BCUT2D eigenvalue weighted by Gasteiger charge is 2.33. The average Bonchev–Trinajstić information content (AvgIpc) is 3.12. The Morgan fingerprint density at radius 1 is 1.25 bits per heavy atom. The predicted molar refractivity (Wildman–Crippen MR) is 108 cm³/mol. The van der Waals surface area contributed by atoms with Gasteiger partial charge in [-0.15, -0.1) is 0 Å². The van der Waals surface area contributed by atoms with Crippen LogP contribution in [-0.2, 0) is 11.3 Å². The number of pyridine rings is 1. The molecule has 2 aliphatic heterocycles. The third kappa shape index (κ3) is 3.11. The summed E-state index contributed by atoms with van der Waals surface area (Å²) in [5.74, 6) is 0.975. The molecule has 0 bridgehead atoms. The molecular weight excluding hydrogens is 352 g/mol. The van der Waals surface area contributed by atoms with Gasteiger partial charge in [0.25, 0.3) is 0 Å². The van der Waals surface area contributed by atoms with Crippen LogP contribution in [-0.4, -0.2) is 52.9 Å². The number of rotatable bonds is 3. The van der Waals surface area contributed by atoms with Crippen molar-refractivity contribution in [1.82, 2.24) is 19.9 Å². The summed E-state index contributed by atoms with van der Waals surface area (Å²) in [5.41, 5.74) is 3.57. The van der Waals surface area contributed by atoms with Crippen molar-refractivity contribution >= 4 is 22.7 Å². The lowest BCUT2D eigenvalue weighted by molar-refractivity contribution is -0.0137. The molecule has 4 heterocycles. The van der Waals surface area contributed by atoms with Gasteiger partial charge in [-0.3, -0.25) is 4.98 Å². The van der Waals surface area contributed by atoms with Crippen LogP contribution in [0.15, 0.2) is 42.6 Å². The van der Waals surface area contributed by atoms with Gasteiger partial charge in [0, 0.05) is 25.8 Å². The summed E-state index contributed by atoms with van der Waals surface area (Å²) >= 11 is 0. The number of benzene rings is 1. The minimum atomic E-state index is 0.297. The van der Waals surface area contributed by atoms with Crippen molar-refractivity contribution in [3.63, 3.8) is 0 Å². The van der Waals surface area contributed by atoms with Crippen LogP contribution >= 0.6 is 0 Å². The molecule has 2 saturated heterocycles. The van der Waals surface area contributed by atoms with Gasteiger partial charge in [0.15, 0.2) is 0 Å². The zero-order valence-corrected chi connectivity index (χ0v) is 15.6. The molecule has 1 N–H and O–H groups in total. The maximum Gasteiger partial charge on any atom is 0.206 e. The molecule has 5 rings (SSSR count). The van der Waals surface area contributed by atoms with Crippen molar-refractivity contribution in [2.24, 2.45) is 0 Å². The smallest absolute Gasteiger partial charge is 0.206 e. The molecule has 0 spiro atoms. The first kappa shape index (κ1) is 17.2. The van der Waals surface area contributed by atoms with E-state index in [1.165, 1.54) is 0 Å². The van der Waals surface area contributed by atoms with Crippen LogP contribution in [0.5, 0.6) is 0 Å². The Morgan fingerprint density at radius 3 is 3.04 bits per heavy atom. The fourth-order valence-corrected chi connectivity index (χ4v) is 4.16. The minimum Gasteiger partial charge on any atom is -0.375 e. The van der Waals surface area contributed by atoms with Crippen LogP contribution in [0, 0.1) is 6.57 Å². The normalized spacial score (nSPS) is 22.0. The van der Waals surface area contributed by atoms with Gasteiger partial charge in [-0.05, 0) is 24.6 Å². The fourth-order valence-electron chi connectivity index (χ4n) is 4.16. The summed E-state index contributed by atoms with van der Waals surface area (Å²) in [6.07, 6.45) is 2.93. The van der Waals surface area contributed by atoms with Gasteiger partial charge >= 0.3 is 0 Å². The Morgan fingerprint density at radius 2 is 2.18 bits per heavy atom. The zero-order chi connectivity index (χ0) is 18.9. The standard InChI is InChI=1S/C21H22N6O/c1-22-15-6-7-16(24-12-15)13-27-19-5-3-2-4-17(19)25-21(27)26-10-8-20-18(14-26)23-9-11-28-20/h2-7,12,18,20,23H,8-11,13-14H2/t18-,20-/m1/s1. The van der Waals surface area contributed by atoms with E-state index in [1.807, 2.05) is 24.3 Å². The fraction of sp³-hybridized carbons (Fsp3) is 0.381. The van der Waals surface area contributed by atoms with Crippen molar-refractivity contribution in [1.29, 1.82) is 0 Å². The number of hydrogen-bond acceptors (Lipinski definition) is 5. The van der Waals surface area contributed by atoms with Crippen molar-refractivity contribution in [3.05, 3.63) is 59.7 Å². The number of anilines is 1. The van der Waals surface area contributed by atoms with Gasteiger partial charge in [0.1, 0.15) is 0 Å². The third-order valence-corrected chi connectivity index (χ3v) is 5.57. The molecule has 7 nitrogen and oxygen atoms in total. The van der Waals surface area contributed by atoms with Gasteiger partial charge in [0.05, 0.1) is 48.6 Å². The maximum absolute atomic E-state index is 7.11. The molecule has 142 valence electrons.